The Morgan fingerprint density at radius 3 is 2.87 bits per heavy atom. The molecule has 0 radical (unpaired) electrons. The molecule has 3 rings (SSSR count). The van der Waals surface area contributed by atoms with Crippen molar-refractivity contribution in [2.24, 2.45) is 0 Å². The third-order valence-electron chi connectivity index (χ3n) is 4.07. The average Bonchev–Trinajstić information content (AvgIpc) is 2.59. The first-order valence-corrected chi connectivity index (χ1v) is 7.89. The Balaban J connectivity index is 1.76. The van der Waals surface area contributed by atoms with Crippen molar-refractivity contribution in [3.8, 4) is 0 Å². The van der Waals surface area contributed by atoms with Crippen LogP contribution in [-0.4, -0.2) is 35.0 Å². The molecule has 0 saturated carbocycles. The first kappa shape index (κ1) is 15.4. The molecule has 1 aliphatic carbocycles. The maximum atomic E-state index is 12.5. The van der Waals surface area contributed by atoms with Crippen LogP contribution >= 0.6 is 0 Å². The van der Waals surface area contributed by atoms with Crippen molar-refractivity contribution in [2.75, 3.05) is 19.0 Å². The quantitative estimate of drug-likeness (QED) is 0.931. The van der Waals surface area contributed by atoms with E-state index in [1.54, 1.807) is 6.20 Å². The Kier molecular flexibility index (Phi) is 4.50. The molecule has 2 heterocycles. The van der Waals surface area contributed by atoms with Gasteiger partial charge in [-0.05, 0) is 31.7 Å². The van der Waals surface area contributed by atoms with Crippen LogP contribution in [0.25, 0.3) is 0 Å². The molecule has 0 fully saturated rings. The number of anilines is 1. The molecule has 1 amide bonds. The van der Waals surface area contributed by atoms with Crippen molar-refractivity contribution < 1.29 is 4.79 Å². The second kappa shape index (κ2) is 6.73. The normalized spacial score (nSPS) is 13.3. The average molecular weight is 311 g/mol. The van der Waals surface area contributed by atoms with Crippen LogP contribution in [0, 0.1) is 0 Å². The van der Waals surface area contributed by atoms with E-state index in [1.165, 1.54) is 6.33 Å². The lowest BCUT2D eigenvalue weighted by molar-refractivity contribution is 0.0944. The highest BCUT2D eigenvalue weighted by Crippen LogP contribution is 2.21. The zero-order chi connectivity index (χ0) is 16.2. The van der Waals surface area contributed by atoms with Crippen molar-refractivity contribution in [1.29, 1.82) is 0 Å². The van der Waals surface area contributed by atoms with E-state index in [4.69, 9.17) is 0 Å². The van der Waals surface area contributed by atoms with Crippen LogP contribution in [-0.2, 0) is 19.4 Å². The first-order chi connectivity index (χ1) is 11.2. The van der Waals surface area contributed by atoms with Crippen LogP contribution in [0.2, 0.25) is 0 Å². The number of amides is 1. The topological polar surface area (TPSA) is 71.0 Å². The smallest absolute Gasteiger partial charge is 0.270 e. The molecule has 0 spiro atoms. The van der Waals surface area contributed by atoms with Gasteiger partial charge in [-0.2, -0.15) is 0 Å². The minimum absolute atomic E-state index is 0.140. The standard InChI is InChI=1S/C17H21N5O/c1-22(2)16-12(6-5-9-18-16)10-19-17(23)15-13-7-3-4-8-14(13)20-11-21-15/h5-6,9,11H,3-4,7-8,10H2,1-2H3,(H,19,23). The van der Waals surface area contributed by atoms with Gasteiger partial charge >= 0.3 is 0 Å². The lowest BCUT2D eigenvalue weighted by atomic mass is 9.94. The maximum absolute atomic E-state index is 12.5. The molecule has 120 valence electrons. The molecule has 0 unspecified atom stereocenters. The highest BCUT2D eigenvalue weighted by atomic mass is 16.1. The minimum atomic E-state index is -0.140. The lowest BCUT2D eigenvalue weighted by Crippen LogP contribution is -2.27. The van der Waals surface area contributed by atoms with Crippen LogP contribution in [0.4, 0.5) is 5.82 Å². The second-order valence-corrected chi connectivity index (χ2v) is 5.92. The summed E-state index contributed by atoms with van der Waals surface area (Å²) >= 11 is 0. The van der Waals surface area contributed by atoms with Crippen LogP contribution < -0.4 is 10.2 Å². The summed E-state index contributed by atoms with van der Waals surface area (Å²) in [6.45, 7) is 0.430. The van der Waals surface area contributed by atoms with Crippen molar-refractivity contribution in [2.45, 2.75) is 32.2 Å². The number of rotatable bonds is 4. The predicted molar refractivity (Wildman–Crippen MR) is 88.4 cm³/mol. The van der Waals surface area contributed by atoms with E-state index in [0.29, 0.717) is 12.2 Å². The molecule has 2 aromatic rings. The number of pyridine rings is 1. The largest absolute Gasteiger partial charge is 0.362 e. The number of hydrogen-bond acceptors (Lipinski definition) is 5. The monoisotopic (exact) mass is 311 g/mol. The number of nitrogens with one attached hydrogen (secondary N) is 1. The van der Waals surface area contributed by atoms with Gasteiger partial charge in [-0.3, -0.25) is 4.79 Å². The molecular formula is C17H21N5O. The van der Waals surface area contributed by atoms with E-state index in [1.807, 2.05) is 31.1 Å². The highest BCUT2D eigenvalue weighted by Gasteiger charge is 2.20. The fourth-order valence-corrected chi connectivity index (χ4v) is 2.95. The number of fused-ring (bicyclic) bond motifs is 1. The summed E-state index contributed by atoms with van der Waals surface area (Å²) in [6.07, 6.45) is 7.29. The molecule has 0 atom stereocenters. The summed E-state index contributed by atoms with van der Waals surface area (Å²) < 4.78 is 0. The number of carbonyl (C=O) groups is 1. The third-order valence-corrected chi connectivity index (χ3v) is 4.07. The van der Waals surface area contributed by atoms with Crippen molar-refractivity contribution in [1.82, 2.24) is 20.3 Å². The van der Waals surface area contributed by atoms with Crippen LogP contribution in [0.15, 0.2) is 24.7 Å². The van der Waals surface area contributed by atoms with Gasteiger partial charge in [0, 0.05) is 43.7 Å². The fourth-order valence-electron chi connectivity index (χ4n) is 2.95. The molecule has 1 N–H and O–H groups in total. The molecule has 0 saturated heterocycles. The lowest BCUT2D eigenvalue weighted by Gasteiger charge is -2.18. The van der Waals surface area contributed by atoms with E-state index in [9.17, 15) is 4.79 Å². The van der Waals surface area contributed by atoms with Gasteiger partial charge in [0.25, 0.3) is 5.91 Å². The van der Waals surface area contributed by atoms with Gasteiger partial charge in [0.15, 0.2) is 0 Å². The number of aryl methyl sites for hydroxylation is 1. The predicted octanol–water partition coefficient (Wildman–Crippen LogP) is 1.75. The van der Waals surface area contributed by atoms with Crippen molar-refractivity contribution in [3.63, 3.8) is 0 Å². The minimum Gasteiger partial charge on any atom is -0.362 e. The van der Waals surface area contributed by atoms with Gasteiger partial charge < -0.3 is 10.2 Å². The molecule has 0 aromatic carbocycles. The number of carbonyl (C=O) groups excluding carboxylic acids is 1. The Hall–Kier alpha value is -2.50. The summed E-state index contributed by atoms with van der Waals surface area (Å²) in [5.41, 5.74) is 3.53. The Morgan fingerprint density at radius 2 is 2.04 bits per heavy atom. The SMILES string of the molecule is CN(C)c1ncccc1CNC(=O)c1ncnc2c1CCCC2. The van der Waals surface area contributed by atoms with Gasteiger partial charge in [-0.25, -0.2) is 15.0 Å². The summed E-state index contributed by atoms with van der Waals surface area (Å²) in [4.78, 5) is 27.3. The van der Waals surface area contributed by atoms with E-state index < -0.39 is 0 Å². The van der Waals surface area contributed by atoms with Crippen molar-refractivity contribution in [3.05, 3.63) is 47.2 Å². The van der Waals surface area contributed by atoms with Gasteiger partial charge in [-0.1, -0.05) is 6.07 Å². The Bertz CT molecular complexity index is 714. The number of nitrogens with zero attached hydrogens (tertiary/aromatic N) is 4. The van der Waals surface area contributed by atoms with E-state index >= 15 is 0 Å². The van der Waals surface area contributed by atoms with E-state index in [2.05, 4.69) is 20.3 Å². The van der Waals surface area contributed by atoms with E-state index in [0.717, 1.165) is 48.3 Å². The molecule has 2 aromatic heterocycles. The summed E-state index contributed by atoms with van der Waals surface area (Å²) in [5, 5.41) is 2.96. The molecule has 1 aliphatic rings. The van der Waals surface area contributed by atoms with Crippen molar-refractivity contribution >= 4 is 11.7 Å². The second-order valence-electron chi connectivity index (χ2n) is 5.92. The molecule has 6 heteroatoms. The van der Waals surface area contributed by atoms with Crippen LogP contribution in [0.5, 0.6) is 0 Å². The zero-order valence-electron chi connectivity index (χ0n) is 13.5. The number of hydrogen-bond donors (Lipinski definition) is 1. The molecular weight excluding hydrogens is 290 g/mol. The van der Waals surface area contributed by atoms with Gasteiger partial charge in [0.2, 0.25) is 0 Å². The van der Waals surface area contributed by atoms with Gasteiger partial charge in [0.05, 0.1) is 0 Å². The molecule has 0 aliphatic heterocycles. The first-order valence-electron chi connectivity index (χ1n) is 7.89. The van der Waals surface area contributed by atoms with Gasteiger partial charge in [-0.15, -0.1) is 0 Å². The number of aromatic nitrogens is 3. The Labute approximate surface area is 136 Å². The fraction of sp³-hybridized carbons (Fsp3) is 0.412. The van der Waals surface area contributed by atoms with Crippen LogP contribution in [0.1, 0.15) is 40.2 Å². The van der Waals surface area contributed by atoms with E-state index in [-0.39, 0.29) is 5.91 Å². The Morgan fingerprint density at radius 1 is 1.22 bits per heavy atom. The summed E-state index contributed by atoms with van der Waals surface area (Å²) in [7, 11) is 3.88. The maximum Gasteiger partial charge on any atom is 0.270 e. The zero-order valence-corrected chi connectivity index (χ0v) is 13.5. The summed E-state index contributed by atoms with van der Waals surface area (Å²) in [6, 6.07) is 3.85. The van der Waals surface area contributed by atoms with Crippen LogP contribution in [0.3, 0.4) is 0 Å². The molecule has 6 nitrogen and oxygen atoms in total. The van der Waals surface area contributed by atoms with Gasteiger partial charge in [0.1, 0.15) is 17.8 Å². The highest BCUT2D eigenvalue weighted by molar-refractivity contribution is 5.93. The summed E-state index contributed by atoms with van der Waals surface area (Å²) in [5.74, 6) is 0.719. The third kappa shape index (κ3) is 3.31. The molecule has 23 heavy (non-hydrogen) atoms. The molecule has 0 bridgehead atoms.